The Labute approximate surface area is 111 Å². The summed E-state index contributed by atoms with van der Waals surface area (Å²) in [4.78, 5) is 7.95. The van der Waals surface area contributed by atoms with Gasteiger partial charge in [0.2, 0.25) is 0 Å². The Bertz CT molecular complexity index is 701. The standard InChI is InChI=1S/C15H13ClN2/c1-2-10-5-3-4-6-12(10)15-17-13-8-7-11(16)9-14(13)18-15/h3-9H,2H2,1H3,(H,17,18). The van der Waals surface area contributed by atoms with Crippen molar-refractivity contribution in [2.75, 3.05) is 0 Å². The molecule has 0 aliphatic rings. The van der Waals surface area contributed by atoms with Crippen molar-refractivity contribution in [3.05, 3.63) is 53.1 Å². The quantitative estimate of drug-likeness (QED) is 0.721. The summed E-state index contributed by atoms with van der Waals surface area (Å²) in [6.45, 7) is 2.15. The maximum absolute atomic E-state index is 5.98. The number of hydrogen-bond acceptors (Lipinski definition) is 1. The van der Waals surface area contributed by atoms with Gasteiger partial charge in [0.05, 0.1) is 11.0 Å². The van der Waals surface area contributed by atoms with Crippen molar-refractivity contribution in [1.82, 2.24) is 9.97 Å². The predicted molar refractivity (Wildman–Crippen MR) is 75.9 cm³/mol. The fraction of sp³-hybridized carbons (Fsp3) is 0.133. The topological polar surface area (TPSA) is 28.7 Å². The Morgan fingerprint density at radius 1 is 1.17 bits per heavy atom. The number of hydrogen-bond donors (Lipinski definition) is 1. The molecule has 0 aliphatic carbocycles. The minimum atomic E-state index is 0.724. The second kappa shape index (κ2) is 4.46. The largest absolute Gasteiger partial charge is 0.338 e. The molecule has 0 spiro atoms. The van der Waals surface area contributed by atoms with Gasteiger partial charge in [0.15, 0.2) is 0 Å². The molecule has 3 rings (SSSR count). The van der Waals surface area contributed by atoms with Gasteiger partial charge in [-0.25, -0.2) is 4.98 Å². The molecule has 0 unspecified atom stereocenters. The summed E-state index contributed by atoms with van der Waals surface area (Å²) in [6, 6.07) is 14.0. The SMILES string of the molecule is CCc1ccccc1-c1nc2ccc(Cl)cc2[nH]1. The van der Waals surface area contributed by atoms with Crippen molar-refractivity contribution in [3.63, 3.8) is 0 Å². The van der Waals surface area contributed by atoms with Gasteiger partial charge in [-0.2, -0.15) is 0 Å². The number of halogens is 1. The lowest BCUT2D eigenvalue weighted by atomic mass is 10.1. The molecule has 0 saturated carbocycles. The van der Waals surface area contributed by atoms with Crippen LogP contribution in [0.4, 0.5) is 0 Å². The highest BCUT2D eigenvalue weighted by Gasteiger charge is 2.08. The molecule has 3 heteroatoms. The molecule has 0 radical (unpaired) electrons. The number of aryl methyl sites for hydroxylation is 1. The van der Waals surface area contributed by atoms with Gasteiger partial charge in [-0.15, -0.1) is 0 Å². The number of rotatable bonds is 2. The Morgan fingerprint density at radius 2 is 2.00 bits per heavy atom. The zero-order chi connectivity index (χ0) is 12.5. The lowest BCUT2D eigenvalue weighted by Gasteiger charge is -2.03. The third-order valence-corrected chi connectivity index (χ3v) is 3.33. The van der Waals surface area contributed by atoms with Gasteiger partial charge in [0.1, 0.15) is 5.82 Å². The number of benzene rings is 2. The van der Waals surface area contributed by atoms with Crippen LogP contribution in [-0.4, -0.2) is 9.97 Å². The summed E-state index contributed by atoms with van der Waals surface area (Å²) < 4.78 is 0. The number of fused-ring (bicyclic) bond motifs is 1. The summed E-state index contributed by atoms with van der Waals surface area (Å²) in [5.41, 5.74) is 4.37. The van der Waals surface area contributed by atoms with E-state index in [0.29, 0.717) is 0 Å². The molecule has 0 saturated heterocycles. The van der Waals surface area contributed by atoms with Crippen molar-refractivity contribution < 1.29 is 0 Å². The smallest absolute Gasteiger partial charge is 0.138 e. The number of aromatic amines is 1. The number of imidazole rings is 1. The van der Waals surface area contributed by atoms with Crippen LogP contribution >= 0.6 is 11.6 Å². The Kier molecular flexibility index (Phi) is 2.80. The fourth-order valence-electron chi connectivity index (χ4n) is 2.17. The highest BCUT2D eigenvalue weighted by Crippen LogP contribution is 2.25. The van der Waals surface area contributed by atoms with Crippen LogP contribution in [0.3, 0.4) is 0 Å². The third kappa shape index (κ3) is 1.89. The lowest BCUT2D eigenvalue weighted by Crippen LogP contribution is -1.88. The van der Waals surface area contributed by atoms with Gasteiger partial charge in [0, 0.05) is 10.6 Å². The van der Waals surface area contributed by atoms with Crippen molar-refractivity contribution in [2.45, 2.75) is 13.3 Å². The molecular weight excluding hydrogens is 244 g/mol. The van der Waals surface area contributed by atoms with Crippen LogP contribution in [0.2, 0.25) is 5.02 Å². The van der Waals surface area contributed by atoms with Crippen molar-refractivity contribution in [3.8, 4) is 11.4 Å². The van der Waals surface area contributed by atoms with Crippen molar-refractivity contribution in [2.24, 2.45) is 0 Å². The molecule has 0 fully saturated rings. The zero-order valence-corrected chi connectivity index (χ0v) is 10.8. The summed E-state index contributed by atoms with van der Waals surface area (Å²) in [6.07, 6.45) is 0.994. The number of H-pyrrole nitrogens is 1. The lowest BCUT2D eigenvalue weighted by molar-refractivity contribution is 1.13. The molecule has 2 aromatic carbocycles. The molecule has 1 aromatic heterocycles. The number of nitrogens with one attached hydrogen (secondary N) is 1. The molecule has 0 amide bonds. The molecular formula is C15H13ClN2. The summed E-state index contributed by atoms with van der Waals surface area (Å²) in [5, 5.41) is 0.724. The first kappa shape index (κ1) is 11.3. The number of nitrogens with zero attached hydrogens (tertiary/aromatic N) is 1. The second-order valence-corrected chi connectivity index (χ2v) is 4.69. The van der Waals surface area contributed by atoms with Gasteiger partial charge in [-0.05, 0) is 30.2 Å². The monoisotopic (exact) mass is 256 g/mol. The molecule has 3 aromatic rings. The van der Waals surface area contributed by atoms with E-state index in [1.807, 2.05) is 24.3 Å². The van der Waals surface area contributed by atoms with E-state index >= 15 is 0 Å². The van der Waals surface area contributed by atoms with E-state index in [0.717, 1.165) is 33.9 Å². The number of aromatic nitrogens is 2. The average molecular weight is 257 g/mol. The van der Waals surface area contributed by atoms with Gasteiger partial charge in [-0.3, -0.25) is 0 Å². The molecule has 0 aliphatic heterocycles. The van der Waals surface area contributed by atoms with Crippen LogP contribution in [-0.2, 0) is 6.42 Å². The van der Waals surface area contributed by atoms with Gasteiger partial charge in [0.25, 0.3) is 0 Å². The minimum Gasteiger partial charge on any atom is -0.338 e. The Balaban J connectivity index is 2.19. The Hall–Kier alpha value is -1.80. The van der Waals surface area contributed by atoms with E-state index in [2.05, 4.69) is 35.1 Å². The zero-order valence-electron chi connectivity index (χ0n) is 10.1. The summed E-state index contributed by atoms with van der Waals surface area (Å²) >= 11 is 5.98. The van der Waals surface area contributed by atoms with Crippen LogP contribution in [0, 0.1) is 0 Å². The fourth-order valence-corrected chi connectivity index (χ4v) is 2.34. The summed E-state index contributed by atoms with van der Waals surface area (Å²) in [5.74, 6) is 0.907. The van der Waals surface area contributed by atoms with Crippen molar-refractivity contribution in [1.29, 1.82) is 0 Å². The van der Waals surface area contributed by atoms with Crippen LogP contribution in [0.1, 0.15) is 12.5 Å². The molecule has 0 bridgehead atoms. The first-order valence-corrected chi connectivity index (χ1v) is 6.39. The first-order chi connectivity index (χ1) is 8.78. The van der Waals surface area contributed by atoms with Crippen LogP contribution in [0.5, 0.6) is 0 Å². The maximum Gasteiger partial charge on any atom is 0.138 e. The van der Waals surface area contributed by atoms with Gasteiger partial charge in [-0.1, -0.05) is 42.8 Å². The van der Waals surface area contributed by atoms with E-state index in [1.165, 1.54) is 5.56 Å². The van der Waals surface area contributed by atoms with E-state index in [1.54, 1.807) is 0 Å². The van der Waals surface area contributed by atoms with E-state index in [9.17, 15) is 0 Å². The van der Waals surface area contributed by atoms with Crippen LogP contribution < -0.4 is 0 Å². The van der Waals surface area contributed by atoms with Gasteiger partial charge < -0.3 is 4.98 Å². The predicted octanol–water partition coefficient (Wildman–Crippen LogP) is 4.45. The van der Waals surface area contributed by atoms with Crippen LogP contribution in [0.15, 0.2) is 42.5 Å². The average Bonchev–Trinajstić information content (AvgIpc) is 2.81. The third-order valence-electron chi connectivity index (χ3n) is 3.10. The van der Waals surface area contributed by atoms with E-state index < -0.39 is 0 Å². The normalized spacial score (nSPS) is 11.0. The summed E-state index contributed by atoms with van der Waals surface area (Å²) in [7, 11) is 0. The first-order valence-electron chi connectivity index (χ1n) is 6.01. The molecule has 1 N–H and O–H groups in total. The molecule has 90 valence electrons. The highest BCUT2D eigenvalue weighted by molar-refractivity contribution is 6.31. The Morgan fingerprint density at radius 3 is 2.83 bits per heavy atom. The maximum atomic E-state index is 5.98. The van der Waals surface area contributed by atoms with Crippen LogP contribution in [0.25, 0.3) is 22.4 Å². The van der Waals surface area contributed by atoms with Gasteiger partial charge >= 0.3 is 0 Å². The van der Waals surface area contributed by atoms with Crippen molar-refractivity contribution >= 4 is 22.6 Å². The molecule has 2 nitrogen and oxygen atoms in total. The van der Waals surface area contributed by atoms with E-state index in [-0.39, 0.29) is 0 Å². The minimum absolute atomic E-state index is 0.724. The second-order valence-electron chi connectivity index (χ2n) is 4.26. The molecule has 1 heterocycles. The van der Waals surface area contributed by atoms with E-state index in [4.69, 9.17) is 11.6 Å². The highest BCUT2D eigenvalue weighted by atomic mass is 35.5. The molecule has 18 heavy (non-hydrogen) atoms. The molecule has 0 atom stereocenters.